The lowest BCUT2D eigenvalue weighted by molar-refractivity contribution is 1.14. The van der Waals surface area contributed by atoms with Gasteiger partial charge in [0.1, 0.15) is 0 Å². The third kappa shape index (κ3) is 4.08. The number of para-hydroxylation sites is 1. The van der Waals surface area contributed by atoms with E-state index in [1.54, 1.807) is 0 Å². The second-order valence-corrected chi connectivity index (χ2v) is 4.66. The molecule has 0 aliphatic heterocycles. The molecule has 0 aliphatic carbocycles. The zero-order chi connectivity index (χ0) is 15.1. The Morgan fingerprint density at radius 3 is 2.48 bits per heavy atom. The van der Waals surface area contributed by atoms with Crippen molar-refractivity contribution in [3.8, 4) is 6.19 Å². The summed E-state index contributed by atoms with van der Waals surface area (Å²) in [4.78, 5) is 4.46. The van der Waals surface area contributed by atoms with Crippen LogP contribution in [0.2, 0.25) is 0 Å². The maximum atomic E-state index is 8.86. The van der Waals surface area contributed by atoms with Crippen LogP contribution in [-0.4, -0.2) is 5.96 Å². The molecule has 0 spiro atoms. The molecular weight excluding hydrogens is 260 g/mol. The van der Waals surface area contributed by atoms with Crippen molar-refractivity contribution in [3.05, 3.63) is 59.7 Å². The Bertz CT molecular complexity index is 666. The molecule has 2 rings (SSSR count). The van der Waals surface area contributed by atoms with Crippen LogP contribution in [0.15, 0.2) is 53.5 Å². The van der Waals surface area contributed by atoms with E-state index in [1.165, 1.54) is 5.56 Å². The molecule has 21 heavy (non-hydrogen) atoms. The van der Waals surface area contributed by atoms with E-state index in [9.17, 15) is 0 Å². The first-order valence-electron chi connectivity index (χ1n) is 6.88. The van der Waals surface area contributed by atoms with Gasteiger partial charge >= 0.3 is 0 Å². The second-order valence-electron chi connectivity index (χ2n) is 4.66. The van der Waals surface area contributed by atoms with Crippen molar-refractivity contribution >= 4 is 17.3 Å². The van der Waals surface area contributed by atoms with E-state index in [-0.39, 0.29) is 0 Å². The number of rotatable bonds is 3. The molecule has 106 valence electrons. The van der Waals surface area contributed by atoms with E-state index in [1.807, 2.05) is 49.5 Å². The SMILES string of the molecule is CCc1ccc(NC(=Nc2ccccc2C)NC#N)cc1. The first kappa shape index (κ1) is 14.6. The topological polar surface area (TPSA) is 60.2 Å². The molecule has 0 atom stereocenters. The molecule has 0 unspecified atom stereocenters. The fourth-order valence-electron chi connectivity index (χ4n) is 1.91. The number of nitriles is 1. The third-order valence-corrected chi connectivity index (χ3v) is 3.15. The second kappa shape index (κ2) is 7.11. The summed E-state index contributed by atoms with van der Waals surface area (Å²) in [5, 5.41) is 14.6. The van der Waals surface area contributed by atoms with Gasteiger partial charge in [-0.3, -0.25) is 5.32 Å². The fourth-order valence-corrected chi connectivity index (χ4v) is 1.91. The fraction of sp³-hybridized carbons (Fsp3) is 0.176. The normalized spacial score (nSPS) is 10.8. The van der Waals surface area contributed by atoms with E-state index >= 15 is 0 Å². The number of benzene rings is 2. The number of hydrogen-bond acceptors (Lipinski definition) is 2. The number of aliphatic imine (C=N–C) groups is 1. The van der Waals surface area contributed by atoms with Crippen molar-refractivity contribution in [3.63, 3.8) is 0 Å². The van der Waals surface area contributed by atoms with Crippen molar-refractivity contribution in [1.82, 2.24) is 5.32 Å². The van der Waals surface area contributed by atoms with Gasteiger partial charge in [0.25, 0.3) is 0 Å². The van der Waals surface area contributed by atoms with Crippen LogP contribution in [0.5, 0.6) is 0 Å². The Morgan fingerprint density at radius 2 is 1.86 bits per heavy atom. The number of anilines is 1. The van der Waals surface area contributed by atoms with Gasteiger partial charge in [0.2, 0.25) is 5.96 Å². The molecule has 0 bridgehead atoms. The van der Waals surface area contributed by atoms with Crippen LogP contribution in [0.3, 0.4) is 0 Å². The lowest BCUT2D eigenvalue weighted by Gasteiger charge is -2.09. The van der Waals surface area contributed by atoms with Crippen LogP contribution in [-0.2, 0) is 6.42 Å². The monoisotopic (exact) mass is 278 g/mol. The molecule has 0 heterocycles. The molecule has 0 amide bonds. The summed E-state index contributed by atoms with van der Waals surface area (Å²) in [6.07, 6.45) is 2.91. The van der Waals surface area contributed by atoms with Gasteiger partial charge in [0, 0.05) is 5.69 Å². The van der Waals surface area contributed by atoms with Crippen LogP contribution in [0, 0.1) is 18.4 Å². The van der Waals surface area contributed by atoms with Crippen LogP contribution >= 0.6 is 0 Å². The van der Waals surface area contributed by atoms with Crippen molar-refractivity contribution < 1.29 is 0 Å². The molecule has 0 fully saturated rings. The number of guanidine groups is 1. The molecule has 0 saturated carbocycles. The minimum Gasteiger partial charge on any atom is -0.325 e. The van der Waals surface area contributed by atoms with E-state index in [2.05, 4.69) is 34.7 Å². The minimum absolute atomic E-state index is 0.413. The highest BCUT2D eigenvalue weighted by atomic mass is 15.2. The summed E-state index contributed by atoms with van der Waals surface area (Å²) < 4.78 is 0. The van der Waals surface area contributed by atoms with Gasteiger partial charge in [0.05, 0.1) is 5.69 Å². The predicted molar refractivity (Wildman–Crippen MR) is 86.5 cm³/mol. The zero-order valence-electron chi connectivity index (χ0n) is 12.2. The molecule has 4 heteroatoms. The highest BCUT2D eigenvalue weighted by molar-refractivity contribution is 5.96. The van der Waals surface area contributed by atoms with Gasteiger partial charge in [-0.15, -0.1) is 0 Å². The third-order valence-electron chi connectivity index (χ3n) is 3.15. The van der Waals surface area contributed by atoms with E-state index in [0.29, 0.717) is 5.96 Å². The minimum atomic E-state index is 0.413. The first-order chi connectivity index (χ1) is 10.2. The molecule has 2 aromatic rings. The standard InChI is InChI=1S/C17H18N4/c1-3-14-8-10-15(11-9-14)20-17(19-12-18)21-16-7-5-4-6-13(16)2/h4-11H,3H2,1-2H3,(H2,19,20,21). The molecule has 2 aromatic carbocycles. The quantitative estimate of drug-likeness (QED) is 0.389. The van der Waals surface area contributed by atoms with Crippen LogP contribution in [0.4, 0.5) is 11.4 Å². The summed E-state index contributed by atoms with van der Waals surface area (Å²) >= 11 is 0. The Hall–Kier alpha value is -2.80. The maximum absolute atomic E-state index is 8.86. The van der Waals surface area contributed by atoms with Gasteiger partial charge in [-0.05, 0) is 42.7 Å². The summed E-state index contributed by atoms with van der Waals surface area (Å²) in [7, 11) is 0. The molecule has 0 radical (unpaired) electrons. The van der Waals surface area contributed by atoms with Crippen LogP contribution < -0.4 is 10.6 Å². The summed E-state index contributed by atoms with van der Waals surface area (Å²) in [5.74, 6) is 0.413. The lowest BCUT2D eigenvalue weighted by Crippen LogP contribution is -2.26. The highest BCUT2D eigenvalue weighted by Crippen LogP contribution is 2.17. The van der Waals surface area contributed by atoms with Crippen molar-refractivity contribution in [2.45, 2.75) is 20.3 Å². The molecule has 0 aliphatic rings. The highest BCUT2D eigenvalue weighted by Gasteiger charge is 2.02. The average Bonchev–Trinajstić information content (AvgIpc) is 2.50. The first-order valence-corrected chi connectivity index (χ1v) is 6.88. The van der Waals surface area contributed by atoms with Gasteiger partial charge in [-0.25, -0.2) is 4.99 Å². The molecule has 4 nitrogen and oxygen atoms in total. The summed E-state index contributed by atoms with van der Waals surface area (Å²) in [6.45, 7) is 4.10. The molecule has 0 saturated heterocycles. The number of nitrogens with one attached hydrogen (secondary N) is 2. The predicted octanol–water partition coefficient (Wildman–Crippen LogP) is 3.73. The van der Waals surface area contributed by atoms with Crippen LogP contribution in [0.1, 0.15) is 18.1 Å². The van der Waals surface area contributed by atoms with Crippen molar-refractivity contribution in [1.29, 1.82) is 5.26 Å². The molecular formula is C17H18N4. The number of hydrogen-bond donors (Lipinski definition) is 2. The van der Waals surface area contributed by atoms with E-state index in [4.69, 9.17) is 5.26 Å². The van der Waals surface area contributed by atoms with Gasteiger partial charge in [-0.2, -0.15) is 5.26 Å². The lowest BCUT2D eigenvalue weighted by atomic mass is 10.1. The Balaban J connectivity index is 2.23. The molecule has 0 aromatic heterocycles. The Morgan fingerprint density at radius 1 is 1.14 bits per heavy atom. The Kier molecular flexibility index (Phi) is 4.94. The van der Waals surface area contributed by atoms with Crippen molar-refractivity contribution in [2.75, 3.05) is 5.32 Å². The largest absolute Gasteiger partial charge is 0.325 e. The molecule has 2 N–H and O–H groups in total. The Labute approximate surface area is 125 Å². The van der Waals surface area contributed by atoms with Gasteiger partial charge in [-0.1, -0.05) is 37.3 Å². The average molecular weight is 278 g/mol. The summed E-state index contributed by atoms with van der Waals surface area (Å²) in [5.41, 5.74) is 4.04. The van der Waals surface area contributed by atoms with E-state index in [0.717, 1.165) is 23.4 Å². The summed E-state index contributed by atoms with van der Waals surface area (Å²) in [6, 6.07) is 15.8. The van der Waals surface area contributed by atoms with Gasteiger partial charge < -0.3 is 5.32 Å². The van der Waals surface area contributed by atoms with E-state index < -0.39 is 0 Å². The maximum Gasteiger partial charge on any atom is 0.214 e. The zero-order valence-corrected chi connectivity index (χ0v) is 12.2. The number of nitrogens with zero attached hydrogens (tertiary/aromatic N) is 2. The van der Waals surface area contributed by atoms with Crippen LogP contribution in [0.25, 0.3) is 0 Å². The van der Waals surface area contributed by atoms with Gasteiger partial charge in [0.15, 0.2) is 6.19 Å². The smallest absolute Gasteiger partial charge is 0.214 e. The van der Waals surface area contributed by atoms with Crippen molar-refractivity contribution in [2.24, 2.45) is 4.99 Å². The number of aryl methyl sites for hydroxylation is 2.